The maximum Gasteiger partial charge on any atom is 0.332 e. The Bertz CT molecular complexity index is 2320. The number of benzene rings is 2. The van der Waals surface area contributed by atoms with Crippen LogP contribution in [0, 0.1) is 0 Å². The fourth-order valence-electron chi connectivity index (χ4n) is 4.81. The molecule has 4 heterocycles. The van der Waals surface area contributed by atoms with E-state index in [9.17, 15) is 19.2 Å². The molecule has 0 unspecified atom stereocenters. The number of alkyl halides is 1. The van der Waals surface area contributed by atoms with Crippen LogP contribution in [-0.4, -0.2) is 43.1 Å². The van der Waals surface area contributed by atoms with Gasteiger partial charge in [-0.05, 0) is 80.1 Å². The summed E-state index contributed by atoms with van der Waals surface area (Å²) in [5, 5.41) is 2.43. The Labute approximate surface area is 315 Å². The largest absolute Gasteiger partial charge is 0.332 e. The molecule has 0 bridgehead atoms. The molecule has 0 aliphatic rings. The molecule has 4 aromatic heterocycles. The molecule has 6 aromatic rings. The molecule has 0 saturated carbocycles. The van der Waals surface area contributed by atoms with Gasteiger partial charge in [0.25, 0.3) is 11.1 Å². The topological polar surface area (TPSA) is 134 Å². The van der Waals surface area contributed by atoms with Crippen LogP contribution in [0.1, 0.15) is 37.8 Å². The second-order valence-corrected chi connectivity index (χ2v) is 13.9. The highest BCUT2D eigenvalue weighted by Gasteiger charge is 2.19. The highest BCUT2D eigenvalue weighted by atomic mass is 79.9. The molecule has 0 amide bonds. The fourth-order valence-corrected chi connectivity index (χ4v) is 6.00. The van der Waals surface area contributed by atoms with Crippen molar-refractivity contribution in [1.29, 1.82) is 0 Å². The van der Waals surface area contributed by atoms with Crippen molar-refractivity contribution in [1.82, 2.24) is 37.8 Å². The second kappa shape index (κ2) is 17.1. The van der Waals surface area contributed by atoms with E-state index in [2.05, 4.69) is 69.7 Å². The Morgan fingerprint density at radius 1 is 0.694 bits per heavy atom. The first-order valence-corrected chi connectivity index (χ1v) is 18.5. The maximum absolute atomic E-state index is 12.8. The second-order valence-electron chi connectivity index (χ2n) is 10.8. The summed E-state index contributed by atoms with van der Waals surface area (Å²) < 4.78 is 8.45. The van der Waals surface area contributed by atoms with Gasteiger partial charge in [0.15, 0.2) is 31.8 Å². The van der Waals surface area contributed by atoms with Crippen molar-refractivity contribution in [2.45, 2.75) is 46.3 Å². The van der Waals surface area contributed by atoms with Gasteiger partial charge < -0.3 is 9.13 Å². The number of hydrogen-bond donors (Lipinski definition) is 1. The van der Waals surface area contributed by atoms with Crippen molar-refractivity contribution >= 4 is 93.3 Å². The van der Waals surface area contributed by atoms with E-state index in [1.165, 1.54) is 20.1 Å². The van der Waals surface area contributed by atoms with Gasteiger partial charge in [-0.25, -0.2) is 19.6 Å². The first-order chi connectivity index (χ1) is 23.3. The molecule has 12 nitrogen and oxygen atoms in total. The number of nitrogens with zero attached hydrogens (tertiary/aromatic N) is 7. The summed E-state index contributed by atoms with van der Waals surface area (Å²) in [6, 6.07) is 14.7. The van der Waals surface area contributed by atoms with Crippen LogP contribution in [0.2, 0.25) is 10.0 Å². The van der Waals surface area contributed by atoms with E-state index in [4.69, 9.17) is 23.2 Å². The number of aryl methyl sites for hydroxylation is 2. The van der Waals surface area contributed by atoms with Crippen LogP contribution in [0.25, 0.3) is 22.3 Å². The number of hydrogen-bond acceptors (Lipinski definition) is 6. The minimum atomic E-state index is -0.490. The summed E-state index contributed by atoms with van der Waals surface area (Å²) in [4.78, 5) is 59.7. The van der Waals surface area contributed by atoms with E-state index >= 15 is 0 Å². The highest BCUT2D eigenvalue weighted by molar-refractivity contribution is 9.10. The molecule has 0 atom stereocenters. The summed E-state index contributed by atoms with van der Waals surface area (Å²) in [5.74, 6) is 0. The van der Waals surface area contributed by atoms with Crippen LogP contribution in [0.5, 0.6) is 0 Å². The standard InChI is InChI=1S/C16H16BrClN4O2.C13H10BrClN4O2.C3H7Br/c1-3-8-21-14(23)12-13(20(2)16(21)24)19-15(17)22(12)9-10-4-6-11(18)7-5-10;1-18-10-9(11(20)17-13(18)21)19(12(14)16-10)6-7-2-4-8(15)5-3-7;1-2-3-4/h4-7H,3,8-9H2,1-2H3;2-5H,6H2,1H3,(H,17,20,21);2-3H2,1H3. The number of nitrogens with one attached hydrogen (secondary N) is 1. The van der Waals surface area contributed by atoms with Crippen LogP contribution in [-0.2, 0) is 33.7 Å². The third-order valence-electron chi connectivity index (χ3n) is 7.29. The van der Waals surface area contributed by atoms with Crippen LogP contribution in [0.3, 0.4) is 0 Å². The van der Waals surface area contributed by atoms with Gasteiger partial charge >= 0.3 is 11.4 Å². The zero-order valence-corrected chi connectivity index (χ0v) is 33.3. The molecule has 2 aromatic carbocycles. The summed E-state index contributed by atoms with van der Waals surface area (Å²) in [5.41, 5.74) is 1.80. The van der Waals surface area contributed by atoms with Crippen molar-refractivity contribution < 1.29 is 0 Å². The average molecular weight is 904 g/mol. The van der Waals surface area contributed by atoms with Crippen molar-refractivity contribution in [3.63, 3.8) is 0 Å². The normalized spacial score (nSPS) is 11.0. The fraction of sp³-hybridized carbons (Fsp3) is 0.312. The molecule has 260 valence electrons. The van der Waals surface area contributed by atoms with E-state index in [1.807, 2.05) is 31.2 Å². The number of fused-ring (bicyclic) bond motifs is 2. The molecule has 6 rings (SSSR count). The van der Waals surface area contributed by atoms with Gasteiger partial charge in [0.05, 0.1) is 13.1 Å². The Kier molecular flexibility index (Phi) is 13.5. The van der Waals surface area contributed by atoms with Crippen molar-refractivity contribution in [3.8, 4) is 0 Å². The lowest BCUT2D eigenvalue weighted by molar-refractivity contribution is 0.590. The number of H-pyrrole nitrogens is 1. The lowest BCUT2D eigenvalue weighted by Crippen LogP contribution is -2.39. The van der Waals surface area contributed by atoms with Crippen LogP contribution in [0.4, 0.5) is 0 Å². The molecule has 0 saturated heterocycles. The summed E-state index contributed by atoms with van der Waals surface area (Å²) >= 11 is 21.8. The summed E-state index contributed by atoms with van der Waals surface area (Å²) in [6.07, 6.45) is 1.94. The van der Waals surface area contributed by atoms with Gasteiger partial charge in [-0.3, -0.25) is 28.3 Å². The first-order valence-electron chi connectivity index (χ1n) is 15.1. The van der Waals surface area contributed by atoms with Crippen molar-refractivity contribution in [3.05, 3.63) is 121 Å². The molecule has 0 aliphatic carbocycles. The van der Waals surface area contributed by atoms with E-state index in [1.54, 1.807) is 47.5 Å². The number of aromatic nitrogens is 8. The predicted molar refractivity (Wildman–Crippen MR) is 206 cm³/mol. The molecule has 0 fully saturated rings. The molecular formula is C32H33Br3Cl2N8O4. The minimum absolute atomic E-state index is 0.317. The smallest absolute Gasteiger partial charge is 0.308 e. The van der Waals surface area contributed by atoms with Crippen LogP contribution >= 0.6 is 71.0 Å². The van der Waals surface area contributed by atoms with Gasteiger partial charge in [-0.2, -0.15) is 0 Å². The van der Waals surface area contributed by atoms with Crippen LogP contribution in [0.15, 0.2) is 77.2 Å². The monoisotopic (exact) mass is 900 g/mol. The van der Waals surface area contributed by atoms with Crippen molar-refractivity contribution in [2.24, 2.45) is 14.1 Å². The zero-order chi connectivity index (χ0) is 36.0. The molecule has 0 radical (unpaired) electrons. The predicted octanol–water partition coefficient (Wildman–Crippen LogP) is 6.45. The third-order valence-corrected chi connectivity index (χ3v) is 9.80. The first kappa shape index (κ1) is 38.6. The Balaban J connectivity index is 0.000000201. The maximum atomic E-state index is 12.8. The Morgan fingerprint density at radius 3 is 1.59 bits per heavy atom. The van der Waals surface area contributed by atoms with E-state index in [-0.39, 0.29) is 11.2 Å². The van der Waals surface area contributed by atoms with E-state index in [0.717, 1.165) is 16.5 Å². The van der Waals surface area contributed by atoms with Crippen molar-refractivity contribution in [2.75, 3.05) is 5.33 Å². The molecule has 17 heteroatoms. The number of rotatable bonds is 7. The lowest BCUT2D eigenvalue weighted by Gasteiger charge is -2.09. The average Bonchev–Trinajstić information content (AvgIpc) is 3.59. The zero-order valence-electron chi connectivity index (χ0n) is 27.0. The number of aromatic amines is 1. The molecule has 0 aliphatic heterocycles. The Hall–Kier alpha value is -3.24. The van der Waals surface area contributed by atoms with E-state index in [0.29, 0.717) is 67.9 Å². The number of halogens is 5. The lowest BCUT2D eigenvalue weighted by atomic mass is 10.2. The van der Waals surface area contributed by atoms with Gasteiger partial charge in [-0.1, -0.05) is 77.2 Å². The van der Waals surface area contributed by atoms with Gasteiger partial charge in [-0.15, -0.1) is 0 Å². The minimum Gasteiger partial charge on any atom is -0.308 e. The highest BCUT2D eigenvalue weighted by Crippen LogP contribution is 2.20. The van der Waals surface area contributed by atoms with Gasteiger partial charge in [0, 0.05) is 36.0 Å². The molecular weight excluding hydrogens is 871 g/mol. The molecule has 0 spiro atoms. The quantitative estimate of drug-likeness (QED) is 0.145. The SMILES string of the molecule is CCCBr.CCCn1c(=O)c2c(nc(Br)n2Cc2ccc(Cl)cc2)n(C)c1=O.Cn1c(=O)[nH]c(=O)c2c1nc(Br)n2Cc1ccc(Cl)cc1. The van der Waals surface area contributed by atoms with Gasteiger partial charge in [0.2, 0.25) is 0 Å². The van der Waals surface area contributed by atoms with E-state index < -0.39 is 11.2 Å². The third kappa shape index (κ3) is 8.74. The molecule has 49 heavy (non-hydrogen) atoms. The van der Waals surface area contributed by atoms with Crippen LogP contribution < -0.4 is 22.5 Å². The van der Waals surface area contributed by atoms with Gasteiger partial charge in [0.1, 0.15) is 0 Å². The Morgan fingerprint density at radius 2 is 1.14 bits per heavy atom. The summed E-state index contributed by atoms with van der Waals surface area (Å²) in [7, 11) is 3.19. The number of imidazole rings is 2. The molecule has 1 N–H and O–H groups in total. The summed E-state index contributed by atoms with van der Waals surface area (Å²) in [6.45, 7) is 5.33.